The van der Waals surface area contributed by atoms with Crippen molar-refractivity contribution in [3.63, 3.8) is 0 Å². The highest BCUT2D eigenvalue weighted by molar-refractivity contribution is 9.10. The van der Waals surface area contributed by atoms with E-state index >= 15 is 0 Å². The molecule has 1 aliphatic heterocycles. The molecule has 1 fully saturated rings. The minimum absolute atomic E-state index is 0.0544. The number of nitrogens with zero attached hydrogens (tertiary/aromatic N) is 2. The van der Waals surface area contributed by atoms with E-state index in [1.165, 1.54) is 6.42 Å². The summed E-state index contributed by atoms with van der Waals surface area (Å²) in [4.78, 5) is 0. The molecule has 17 heavy (non-hydrogen) atoms. The first-order chi connectivity index (χ1) is 8.25. The van der Waals surface area contributed by atoms with Crippen LogP contribution in [0.1, 0.15) is 25.5 Å². The van der Waals surface area contributed by atoms with Gasteiger partial charge in [0.15, 0.2) is 6.23 Å². The Kier molecular flexibility index (Phi) is 3.11. The first-order valence-electron chi connectivity index (χ1n) is 5.70. The fourth-order valence-electron chi connectivity index (χ4n) is 2.21. The molecule has 1 aromatic carbocycles. The number of rotatable bonds is 1. The predicted molar refractivity (Wildman–Crippen MR) is 71.3 cm³/mol. The molecule has 1 atom stereocenters. The molecule has 2 aromatic rings. The van der Waals surface area contributed by atoms with Gasteiger partial charge in [0.05, 0.1) is 5.52 Å². The van der Waals surface area contributed by atoms with Crippen molar-refractivity contribution in [3.05, 3.63) is 27.8 Å². The van der Waals surface area contributed by atoms with Gasteiger partial charge in [0.1, 0.15) is 4.60 Å². The molecule has 3 rings (SSSR count). The number of hydrogen-bond donors (Lipinski definition) is 0. The van der Waals surface area contributed by atoms with E-state index in [4.69, 9.17) is 16.3 Å². The van der Waals surface area contributed by atoms with Gasteiger partial charge in [-0.05, 0) is 53.4 Å². The molecule has 0 spiro atoms. The molecule has 2 heterocycles. The van der Waals surface area contributed by atoms with Gasteiger partial charge in [-0.2, -0.15) is 5.10 Å². The van der Waals surface area contributed by atoms with Crippen LogP contribution in [0.5, 0.6) is 0 Å². The third-order valence-electron chi connectivity index (χ3n) is 3.05. The molecule has 0 saturated carbocycles. The van der Waals surface area contributed by atoms with Gasteiger partial charge in [0.2, 0.25) is 0 Å². The van der Waals surface area contributed by atoms with Crippen molar-refractivity contribution in [2.45, 2.75) is 25.5 Å². The van der Waals surface area contributed by atoms with E-state index < -0.39 is 0 Å². The van der Waals surface area contributed by atoms with Crippen LogP contribution >= 0.6 is 27.5 Å². The fourth-order valence-corrected chi connectivity index (χ4v) is 2.87. The number of aromatic nitrogens is 2. The summed E-state index contributed by atoms with van der Waals surface area (Å²) in [5, 5.41) is 6.26. The van der Waals surface area contributed by atoms with Gasteiger partial charge < -0.3 is 4.74 Å². The summed E-state index contributed by atoms with van der Waals surface area (Å²) in [5.74, 6) is 0. The zero-order valence-corrected chi connectivity index (χ0v) is 11.5. The standard InChI is InChI=1S/C12H12BrClN2O/c13-12-9-7-8(14)4-5-10(9)16(15-12)11-3-1-2-6-17-11/h4-5,7,11H,1-3,6H2. The van der Waals surface area contributed by atoms with Crippen molar-refractivity contribution in [1.82, 2.24) is 9.78 Å². The third-order valence-corrected chi connectivity index (χ3v) is 3.87. The van der Waals surface area contributed by atoms with Crippen LogP contribution in [0.25, 0.3) is 10.9 Å². The normalized spacial score (nSPS) is 20.9. The molecular formula is C12H12BrClN2O. The van der Waals surface area contributed by atoms with E-state index in [2.05, 4.69) is 21.0 Å². The summed E-state index contributed by atoms with van der Waals surface area (Å²) >= 11 is 9.47. The van der Waals surface area contributed by atoms with Crippen LogP contribution < -0.4 is 0 Å². The second-order valence-electron chi connectivity index (χ2n) is 4.22. The van der Waals surface area contributed by atoms with E-state index in [1.807, 2.05) is 22.9 Å². The number of halogens is 2. The Morgan fingerprint density at radius 1 is 1.41 bits per heavy atom. The third kappa shape index (κ3) is 2.09. The Morgan fingerprint density at radius 3 is 3.06 bits per heavy atom. The minimum Gasteiger partial charge on any atom is -0.356 e. The molecule has 5 heteroatoms. The summed E-state index contributed by atoms with van der Waals surface area (Å²) in [6.07, 6.45) is 3.41. The van der Waals surface area contributed by atoms with Crippen LogP contribution in [-0.2, 0) is 4.74 Å². The topological polar surface area (TPSA) is 27.1 Å². The molecule has 1 unspecified atom stereocenters. The first kappa shape index (κ1) is 11.5. The van der Waals surface area contributed by atoms with Crippen molar-refractivity contribution in [2.24, 2.45) is 0 Å². The number of fused-ring (bicyclic) bond motifs is 1. The molecule has 1 saturated heterocycles. The summed E-state index contributed by atoms with van der Waals surface area (Å²) in [5.41, 5.74) is 1.06. The lowest BCUT2D eigenvalue weighted by Gasteiger charge is -2.23. The van der Waals surface area contributed by atoms with Gasteiger partial charge >= 0.3 is 0 Å². The van der Waals surface area contributed by atoms with Gasteiger partial charge in [0, 0.05) is 17.0 Å². The van der Waals surface area contributed by atoms with E-state index in [1.54, 1.807) is 0 Å². The monoisotopic (exact) mass is 314 g/mol. The Labute approximate surface area is 113 Å². The maximum absolute atomic E-state index is 6.00. The second-order valence-corrected chi connectivity index (χ2v) is 5.41. The Hall–Kier alpha value is -0.580. The van der Waals surface area contributed by atoms with Gasteiger partial charge in [0.25, 0.3) is 0 Å². The molecule has 0 amide bonds. The van der Waals surface area contributed by atoms with Crippen LogP contribution in [0.15, 0.2) is 22.8 Å². The largest absolute Gasteiger partial charge is 0.356 e. The molecule has 1 aromatic heterocycles. The van der Waals surface area contributed by atoms with E-state index in [0.717, 1.165) is 40.0 Å². The quantitative estimate of drug-likeness (QED) is 0.790. The van der Waals surface area contributed by atoms with Crippen molar-refractivity contribution in [2.75, 3.05) is 6.61 Å². The number of benzene rings is 1. The molecule has 0 bridgehead atoms. The van der Waals surface area contributed by atoms with Crippen molar-refractivity contribution in [1.29, 1.82) is 0 Å². The summed E-state index contributed by atoms with van der Waals surface area (Å²) in [6.45, 7) is 0.817. The summed E-state index contributed by atoms with van der Waals surface area (Å²) in [7, 11) is 0. The van der Waals surface area contributed by atoms with Crippen LogP contribution in [0.4, 0.5) is 0 Å². The zero-order chi connectivity index (χ0) is 11.8. The SMILES string of the molecule is Clc1ccc2c(c1)c(Br)nn2C1CCCCO1. The molecule has 0 radical (unpaired) electrons. The maximum Gasteiger partial charge on any atom is 0.150 e. The Balaban J connectivity index is 2.10. The van der Waals surface area contributed by atoms with Crippen LogP contribution in [-0.4, -0.2) is 16.4 Å². The lowest BCUT2D eigenvalue weighted by Crippen LogP contribution is -2.18. The molecule has 0 N–H and O–H groups in total. The van der Waals surface area contributed by atoms with E-state index in [-0.39, 0.29) is 6.23 Å². The molecular weight excluding hydrogens is 304 g/mol. The number of hydrogen-bond acceptors (Lipinski definition) is 2. The fraction of sp³-hybridized carbons (Fsp3) is 0.417. The lowest BCUT2D eigenvalue weighted by atomic mass is 10.2. The smallest absolute Gasteiger partial charge is 0.150 e. The maximum atomic E-state index is 6.00. The van der Waals surface area contributed by atoms with Crippen molar-refractivity contribution >= 4 is 38.4 Å². The van der Waals surface area contributed by atoms with Crippen molar-refractivity contribution < 1.29 is 4.74 Å². The van der Waals surface area contributed by atoms with Gasteiger partial charge in [-0.25, -0.2) is 4.68 Å². The highest BCUT2D eigenvalue weighted by Crippen LogP contribution is 2.31. The Morgan fingerprint density at radius 2 is 2.29 bits per heavy atom. The summed E-state index contributed by atoms with van der Waals surface area (Å²) < 4.78 is 8.54. The van der Waals surface area contributed by atoms with Crippen LogP contribution in [0.3, 0.4) is 0 Å². The van der Waals surface area contributed by atoms with E-state index in [0.29, 0.717) is 0 Å². The zero-order valence-electron chi connectivity index (χ0n) is 9.20. The van der Waals surface area contributed by atoms with Crippen molar-refractivity contribution in [3.8, 4) is 0 Å². The average Bonchev–Trinajstić information content (AvgIpc) is 2.68. The predicted octanol–water partition coefficient (Wildman–Crippen LogP) is 4.15. The molecule has 3 nitrogen and oxygen atoms in total. The van der Waals surface area contributed by atoms with E-state index in [9.17, 15) is 0 Å². The Bertz CT molecular complexity index is 549. The van der Waals surface area contributed by atoms with Gasteiger partial charge in [-0.3, -0.25) is 0 Å². The molecule has 1 aliphatic rings. The summed E-state index contributed by atoms with van der Waals surface area (Å²) in [6, 6.07) is 5.80. The number of ether oxygens (including phenoxy) is 1. The molecule has 90 valence electrons. The average molecular weight is 316 g/mol. The molecule has 0 aliphatic carbocycles. The minimum atomic E-state index is 0.0544. The van der Waals surface area contributed by atoms with Gasteiger partial charge in [-0.1, -0.05) is 11.6 Å². The van der Waals surface area contributed by atoms with Crippen LogP contribution in [0.2, 0.25) is 5.02 Å². The first-order valence-corrected chi connectivity index (χ1v) is 6.87. The van der Waals surface area contributed by atoms with Crippen LogP contribution in [0, 0.1) is 0 Å². The highest BCUT2D eigenvalue weighted by atomic mass is 79.9. The van der Waals surface area contributed by atoms with Gasteiger partial charge in [-0.15, -0.1) is 0 Å². The second kappa shape index (κ2) is 4.59. The highest BCUT2D eigenvalue weighted by Gasteiger charge is 2.20. The lowest BCUT2D eigenvalue weighted by molar-refractivity contribution is -0.0368.